The second-order valence-electron chi connectivity index (χ2n) is 7.62. The molecule has 0 N–H and O–H groups in total. The molecule has 0 atom stereocenters. The van der Waals surface area contributed by atoms with Crippen molar-refractivity contribution in [3.05, 3.63) is 28.2 Å². The molecule has 1 aromatic carbocycles. The number of aryl methyl sites for hydroxylation is 1. The highest BCUT2D eigenvalue weighted by atomic mass is 79.9. The summed E-state index contributed by atoms with van der Waals surface area (Å²) in [7, 11) is 0. The first kappa shape index (κ1) is 13.2. The van der Waals surface area contributed by atoms with Crippen molar-refractivity contribution in [2.24, 2.45) is 23.2 Å². The van der Waals surface area contributed by atoms with Crippen LogP contribution in [0.1, 0.15) is 44.1 Å². The molecule has 1 aromatic rings. The van der Waals surface area contributed by atoms with Crippen LogP contribution in [0.3, 0.4) is 0 Å². The van der Waals surface area contributed by atoms with Crippen LogP contribution in [0.4, 0.5) is 0 Å². The number of benzene rings is 1. The van der Waals surface area contributed by atoms with Crippen LogP contribution in [0.2, 0.25) is 0 Å². The number of halogens is 1. The van der Waals surface area contributed by atoms with Crippen LogP contribution < -0.4 is 4.74 Å². The zero-order chi connectivity index (χ0) is 13.7. The van der Waals surface area contributed by atoms with Gasteiger partial charge in [0.1, 0.15) is 5.75 Å². The van der Waals surface area contributed by atoms with Crippen LogP contribution in [0.25, 0.3) is 0 Å². The number of rotatable bonds is 3. The van der Waals surface area contributed by atoms with E-state index in [4.69, 9.17) is 4.74 Å². The lowest BCUT2D eigenvalue weighted by Gasteiger charge is -2.56. The van der Waals surface area contributed by atoms with Crippen molar-refractivity contribution in [3.8, 4) is 5.75 Å². The molecule has 20 heavy (non-hydrogen) atoms. The fraction of sp³-hybridized carbons (Fsp3) is 0.667. The average Bonchev–Trinajstić information content (AvgIpc) is 2.39. The molecule has 108 valence electrons. The molecule has 2 heteroatoms. The topological polar surface area (TPSA) is 9.23 Å². The number of ether oxygens (including phenoxy) is 1. The molecule has 0 unspecified atom stereocenters. The van der Waals surface area contributed by atoms with E-state index < -0.39 is 0 Å². The molecule has 4 aliphatic carbocycles. The van der Waals surface area contributed by atoms with Crippen molar-refractivity contribution in [2.45, 2.75) is 45.4 Å². The Kier molecular flexibility index (Phi) is 3.14. The van der Waals surface area contributed by atoms with Crippen molar-refractivity contribution in [3.63, 3.8) is 0 Å². The Morgan fingerprint density at radius 2 is 1.70 bits per heavy atom. The second kappa shape index (κ2) is 4.76. The first-order valence-corrected chi connectivity index (χ1v) is 8.80. The third-order valence-corrected chi connectivity index (χ3v) is 6.73. The molecular formula is C18H23BrO. The average molecular weight is 335 g/mol. The van der Waals surface area contributed by atoms with Crippen molar-refractivity contribution >= 4 is 15.9 Å². The smallest absolute Gasteiger partial charge is 0.119 e. The van der Waals surface area contributed by atoms with Gasteiger partial charge in [-0.15, -0.1) is 0 Å². The van der Waals surface area contributed by atoms with Gasteiger partial charge in [-0.2, -0.15) is 0 Å². The van der Waals surface area contributed by atoms with Gasteiger partial charge in [0.15, 0.2) is 0 Å². The Morgan fingerprint density at radius 1 is 1.10 bits per heavy atom. The van der Waals surface area contributed by atoms with Gasteiger partial charge in [-0.1, -0.05) is 15.9 Å². The Balaban J connectivity index is 1.47. The SMILES string of the molecule is Cc1cc(OCC23CC4CC(CC(C4)C2)C3)ccc1Br. The van der Waals surface area contributed by atoms with E-state index in [9.17, 15) is 0 Å². The zero-order valence-electron chi connectivity index (χ0n) is 12.2. The molecule has 4 bridgehead atoms. The van der Waals surface area contributed by atoms with Gasteiger partial charge in [0, 0.05) is 9.89 Å². The Morgan fingerprint density at radius 3 is 2.25 bits per heavy atom. The van der Waals surface area contributed by atoms with Crippen molar-refractivity contribution in [1.82, 2.24) is 0 Å². The third-order valence-electron chi connectivity index (χ3n) is 5.84. The Labute approximate surface area is 130 Å². The fourth-order valence-corrected chi connectivity index (χ4v) is 5.66. The lowest BCUT2D eigenvalue weighted by atomic mass is 9.50. The first-order chi connectivity index (χ1) is 9.62. The molecule has 4 saturated carbocycles. The summed E-state index contributed by atoms with van der Waals surface area (Å²) in [6.07, 6.45) is 8.81. The molecule has 0 saturated heterocycles. The summed E-state index contributed by atoms with van der Waals surface area (Å²) in [5.41, 5.74) is 1.77. The maximum absolute atomic E-state index is 6.21. The molecule has 5 rings (SSSR count). The van der Waals surface area contributed by atoms with E-state index in [1.165, 1.54) is 48.6 Å². The molecule has 0 radical (unpaired) electrons. The lowest BCUT2D eigenvalue weighted by molar-refractivity contribution is -0.0745. The minimum absolute atomic E-state index is 0.510. The predicted molar refractivity (Wildman–Crippen MR) is 85.0 cm³/mol. The van der Waals surface area contributed by atoms with E-state index in [1.807, 2.05) is 0 Å². The number of hydrogen-bond acceptors (Lipinski definition) is 1. The van der Waals surface area contributed by atoms with Gasteiger partial charge in [-0.05, 0) is 87.0 Å². The summed E-state index contributed by atoms with van der Waals surface area (Å²) < 4.78 is 7.37. The van der Waals surface area contributed by atoms with Gasteiger partial charge in [0.25, 0.3) is 0 Å². The Hall–Kier alpha value is -0.500. The first-order valence-electron chi connectivity index (χ1n) is 8.01. The summed E-state index contributed by atoms with van der Waals surface area (Å²) in [6, 6.07) is 6.35. The van der Waals surface area contributed by atoms with Gasteiger partial charge in [0.05, 0.1) is 6.61 Å². The maximum Gasteiger partial charge on any atom is 0.119 e. The molecule has 0 aromatic heterocycles. The zero-order valence-corrected chi connectivity index (χ0v) is 13.8. The van der Waals surface area contributed by atoms with Crippen LogP contribution in [0.5, 0.6) is 5.75 Å². The van der Waals surface area contributed by atoms with Crippen molar-refractivity contribution in [2.75, 3.05) is 6.61 Å². The van der Waals surface area contributed by atoms with Gasteiger partial charge in [-0.25, -0.2) is 0 Å². The van der Waals surface area contributed by atoms with E-state index in [1.54, 1.807) is 0 Å². The highest BCUT2D eigenvalue weighted by Gasteiger charge is 2.51. The molecule has 0 heterocycles. The Bertz CT molecular complexity index is 487. The van der Waals surface area contributed by atoms with E-state index >= 15 is 0 Å². The summed E-state index contributed by atoms with van der Waals surface area (Å²) >= 11 is 3.56. The summed E-state index contributed by atoms with van der Waals surface area (Å²) in [4.78, 5) is 0. The van der Waals surface area contributed by atoms with Crippen LogP contribution in [0.15, 0.2) is 22.7 Å². The van der Waals surface area contributed by atoms with Crippen LogP contribution in [0, 0.1) is 30.1 Å². The quantitative estimate of drug-likeness (QED) is 0.723. The van der Waals surface area contributed by atoms with Crippen LogP contribution >= 0.6 is 15.9 Å². The molecule has 1 nitrogen and oxygen atoms in total. The lowest BCUT2D eigenvalue weighted by Crippen LogP contribution is -2.48. The summed E-state index contributed by atoms with van der Waals surface area (Å²) in [5, 5.41) is 0. The van der Waals surface area contributed by atoms with Crippen molar-refractivity contribution < 1.29 is 4.74 Å². The molecule has 0 aliphatic heterocycles. The summed E-state index contributed by atoms with van der Waals surface area (Å²) in [6.45, 7) is 3.07. The highest BCUT2D eigenvalue weighted by molar-refractivity contribution is 9.10. The second-order valence-corrected chi connectivity index (χ2v) is 8.47. The van der Waals surface area contributed by atoms with Gasteiger partial charge < -0.3 is 4.74 Å². The highest BCUT2D eigenvalue weighted by Crippen LogP contribution is 2.60. The maximum atomic E-state index is 6.21. The van der Waals surface area contributed by atoms with Crippen LogP contribution in [-0.4, -0.2) is 6.61 Å². The van der Waals surface area contributed by atoms with Gasteiger partial charge >= 0.3 is 0 Å². The summed E-state index contributed by atoms with van der Waals surface area (Å²) in [5.74, 6) is 4.07. The molecule has 0 amide bonds. The predicted octanol–water partition coefficient (Wildman–Crippen LogP) is 5.35. The fourth-order valence-electron chi connectivity index (χ4n) is 5.41. The normalized spacial score (nSPS) is 38.2. The largest absolute Gasteiger partial charge is 0.493 e. The van der Waals surface area contributed by atoms with Crippen LogP contribution in [-0.2, 0) is 0 Å². The van der Waals surface area contributed by atoms with E-state index in [0.29, 0.717) is 5.41 Å². The standard InChI is InChI=1S/C18H23BrO/c1-12-4-16(2-3-17(12)19)20-11-18-8-13-5-14(9-18)7-15(6-13)10-18/h2-4,13-15H,5-11H2,1H3. The monoisotopic (exact) mass is 334 g/mol. The van der Waals surface area contributed by atoms with E-state index in [2.05, 4.69) is 41.1 Å². The minimum atomic E-state index is 0.510. The van der Waals surface area contributed by atoms with E-state index in [-0.39, 0.29) is 0 Å². The minimum Gasteiger partial charge on any atom is -0.493 e. The van der Waals surface area contributed by atoms with Crippen molar-refractivity contribution in [1.29, 1.82) is 0 Å². The third kappa shape index (κ3) is 2.30. The molecule has 4 aliphatic rings. The molecule has 0 spiro atoms. The molecular weight excluding hydrogens is 312 g/mol. The van der Waals surface area contributed by atoms with Gasteiger partial charge in [-0.3, -0.25) is 0 Å². The molecule has 4 fully saturated rings. The number of hydrogen-bond donors (Lipinski definition) is 0. The van der Waals surface area contributed by atoms with Gasteiger partial charge in [0.2, 0.25) is 0 Å². The van der Waals surface area contributed by atoms with E-state index in [0.717, 1.165) is 30.1 Å².